The fourth-order valence-electron chi connectivity index (χ4n) is 1.63. The van der Waals surface area contributed by atoms with Crippen molar-refractivity contribution in [3.8, 4) is 0 Å². The number of hydrogen-bond donors (Lipinski definition) is 1. The van der Waals surface area contributed by atoms with Crippen LogP contribution >= 0.6 is 0 Å². The van der Waals surface area contributed by atoms with Gasteiger partial charge in [-0.05, 0) is 12.1 Å². The number of nitro benzene ring substituents is 2. The van der Waals surface area contributed by atoms with E-state index in [0.29, 0.717) is 0 Å². The van der Waals surface area contributed by atoms with Crippen molar-refractivity contribution in [3.05, 3.63) is 74.1 Å². The Balaban J connectivity index is 2.24. The van der Waals surface area contributed by atoms with Gasteiger partial charge in [0.2, 0.25) is 0 Å². The van der Waals surface area contributed by atoms with Crippen LogP contribution in [-0.4, -0.2) is 16.1 Å². The summed E-state index contributed by atoms with van der Waals surface area (Å²) < 4.78 is 13.4. The minimum Gasteiger partial charge on any atom is -0.272 e. The third kappa shape index (κ3) is 3.39. The summed E-state index contributed by atoms with van der Waals surface area (Å²) in [6, 6.07) is 8.93. The minimum absolute atomic E-state index is 0.0387. The van der Waals surface area contributed by atoms with Gasteiger partial charge in [-0.1, -0.05) is 18.2 Å². The smallest absolute Gasteiger partial charge is 0.272 e. The number of non-ortho nitro benzene ring substituents is 1. The molecule has 0 saturated heterocycles. The van der Waals surface area contributed by atoms with E-state index < -0.39 is 27.0 Å². The van der Waals surface area contributed by atoms with Crippen molar-refractivity contribution in [2.45, 2.75) is 0 Å². The van der Waals surface area contributed by atoms with E-state index in [9.17, 15) is 24.6 Å². The number of hydrogen-bond acceptors (Lipinski definition) is 6. The molecule has 0 aromatic heterocycles. The Morgan fingerprint density at radius 1 is 1.09 bits per heavy atom. The van der Waals surface area contributed by atoms with Gasteiger partial charge in [0.1, 0.15) is 11.5 Å². The van der Waals surface area contributed by atoms with Crippen LogP contribution in [0.5, 0.6) is 0 Å². The highest BCUT2D eigenvalue weighted by molar-refractivity contribution is 5.81. The Kier molecular flexibility index (Phi) is 4.37. The predicted molar refractivity (Wildman–Crippen MR) is 77.4 cm³/mol. The second-order valence-corrected chi connectivity index (χ2v) is 4.11. The van der Waals surface area contributed by atoms with Crippen molar-refractivity contribution in [2.24, 2.45) is 5.10 Å². The lowest BCUT2D eigenvalue weighted by Crippen LogP contribution is -1.99. The number of nitrogens with one attached hydrogen (secondary N) is 1. The van der Waals surface area contributed by atoms with Crippen molar-refractivity contribution in [1.82, 2.24) is 0 Å². The van der Waals surface area contributed by atoms with E-state index in [1.807, 2.05) is 0 Å². The molecular weight excluding hydrogens is 295 g/mol. The van der Waals surface area contributed by atoms with E-state index in [0.717, 1.165) is 24.4 Å². The molecule has 2 aromatic carbocycles. The number of nitro groups is 2. The fourth-order valence-corrected chi connectivity index (χ4v) is 1.63. The van der Waals surface area contributed by atoms with Crippen LogP contribution < -0.4 is 5.43 Å². The number of benzene rings is 2. The molecule has 0 aliphatic rings. The highest BCUT2D eigenvalue weighted by Crippen LogP contribution is 2.28. The van der Waals surface area contributed by atoms with Crippen molar-refractivity contribution in [1.29, 1.82) is 0 Å². The average molecular weight is 304 g/mol. The van der Waals surface area contributed by atoms with Gasteiger partial charge in [-0.25, -0.2) is 4.39 Å². The molecule has 0 fully saturated rings. The highest BCUT2D eigenvalue weighted by atomic mass is 19.1. The largest absolute Gasteiger partial charge is 0.301 e. The number of nitrogens with zero attached hydrogens (tertiary/aromatic N) is 3. The lowest BCUT2D eigenvalue weighted by atomic mass is 10.2. The molecule has 9 heteroatoms. The molecule has 2 aromatic rings. The number of halogens is 1. The third-order valence-electron chi connectivity index (χ3n) is 2.68. The standard InChI is InChI=1S/C13H9FN4O4/c14-11-4-2-1-3-9(11)8-15-16-12-6-5-10(17(19)20)7-13(12)18(21)22/h1-8,16H. The van der Waals surface area contributed by atoms with Gasteiger partial charge in [-0.2, -0.15) is 5.10 Å². The highest BCUT2D eigenvalue weighted by Gasteiger charge is 2.19. The second kappa shape index (κ2) is 6.39. The molecule has 2 rings (SSSR count). The summed E-state index contributed by atoms with van der Waals surface area (Å²) in [5, 5.41) is 25.2. The molecule has 1 N–H and O–H groups in total. The Labute approximate surface area is 123 Å². The van der Waals surface area contributed by atoms with Crippen molar-refractivity contribution >= 4 is 23.3 Å². The van der Waals surface area contributed by atoms with Gasteiger partial charge in [0.05, 0.1) is 22.1 Å². The van der Waals surface area contributed by atoms with Crippen LogP contribution in [0.2, 0.25) is 0 Å². The molecule has 112 valence electrons. The van der Waals surface area contributed by atoms with E-state index in [1.165, 1.54) is 18.2 Å². The summed E-state index contributed by atoms with van der Waals surface area (Å²) in [4.78, 5) is 20.0. The zero-order chi connectivity index (χ0) is 16.1. The summed E-state index contributed by atoms with van der Waals surface area (Å²) >= 11 is 0. The van der Waals surface area contributed by atoms with E-state index in [1.54, 1.807) is 6.07 Å². The summed E-state index contributed by atoms with van der Waals surface area (Å²) in [5.41, 5.74) is 1.62. The van der Waals surface area contributed by atoms with E-state index in [4.69, 9.17) is 0 Å². The summed E-state index contributed by atoms with van der Waals surface area (Å²) in [7, 11) is 0. The average Bonchev–Trinajstić information content (AvgIpc) is 2.49. The molecule has 0 amide bonds. The maximum absolute atomic E-state index is 13.4. The SMILES string of the molecule is O=[N+]([O-])c1ccc(NN=Cc2ccccc2F)c([N+](=O)[O-])c1. The topological polar surface area (TPSA) is 111 Å². The van der Waals surface area contributed by atoms with Crippen molar-refractivity contribution in [3.63, 3.8) is 0 Å². The molecule has 22 heavy (non-hydrogen) atoms. The second-order valence-electron chi connectivity index (χ2n) is 4.11. The first-order valence-electron chi connectivity index (χ1n) is 5.95. The van der Waals surface area contributed by atoms with Crippen LogP contribution in [0.1, 0.15) is 5.56 Å². The van der Waals surface area contributed by atoms with Crippen LogP contribution in [-0.2, 0) is 0 Å². The zero-order valence-electron chi connectivity index (χ0n) is 11.0. The molecule has 8 nitrogen and oxygen atoms in total. The maximum Gasteiger partial charge on any atom is 0.301 e. The van der Waals surface area contributed by atoms with Gasteiger partial charge in [-0.3, -0.25) is 25.7 Å². The lowest BCUT2D eigenvalue weighted by Gasteiger charge is -2.02. The predicted octanol–water partition coefficient (Wildman–Crippen LogP) is 3.09. The van der Waals surface area contributed by atoms with Crippen LogP contribution in [0, 0.1) is 26.0 Å². The minimum atomic E-state index is -0.770. The van der Waals surface area contributed by atoms with Crippen LogP contribution in [0.15, 0.2) is 47.6 Å². The van der Waals surface area contributed by atoms with Crippen LogP contribution in [0.25, 0.3) is 0 Å². The van der Waals surface area contributed by atoms with Gasteiger partial charge < -0.3 is 0 Å². The molecule has 0 radical (unpaired) electrons. The van der Waals surface area contributed by atoms with E-state index >= 15 is 0 Å². The normalized spacial score (nSPS) is 10.6. The summed E-state index contributed by atoms with van der Waals surface area (Å²) in [6.45, 7) is 0. The Hall–Kier alpha value is -3.36. The van der Waals surface area contributed by atoms with Gasteiger partial charge >= 0.3 is 5.69 Å². The molecule has 0 atom stereocenters. The zero-order valence-corrected chi connectivity index (χ0v) is 11.0. The first-order valence-corrected chi connectivity index (χ1v) is 5.95. The Morgan fingerprint density at radius 2 is 1.82 bits per heavy atom. The number of anilines is 1. The monoisotopic (exact) mass is 304 g/mol. The van der Waals surface area contributed by atoms with Gasteiger partial charge in [0.25, 0.3) is 5.69 Å². The molecule has 0 spiro atoms. The Bertz CT molecular complexity index is 763. The molecule has 0 aliphatic carbocycles. The quantitative estimate of drug-likeness (QED) is 0.518. The number of hydrazone groups is 1. The molecule has 0 bridgehead atoms. The van der Waals surface area contributed by atoms with E-state index in [-0.39, 0.29) is 11.3 Å². The first kappa shape index (κ1) is 15.0. The van der Waals surface area contributed by atoms with Crippen molar-refractivity contribution in [2.75, 3.05) is 5.43 Å². The first-order chi connectivity index (χ1) is 10.5. The third-order valence-corrected chi connectivity index (χ3v) is 2.68. The van der Waals surface area contributed by atoms with Crippen LogP contribution in [0.4, 0.5) is 21.5 Å². The van der Waals surface area contributed by atoms with E-state index in [2.05, 4.69) is 10.5 Å². The summed E-state index contributed by atoms with van der Waals surface area (Å²) in [6.07, 6.45) is 1.15. The number of rotatable bonds is 5. The molecule has 0 aliphatic heterocycles. The molecule has 0 saturated carbocycles. The van der Waals surface area contributed by atoms with Crippen molar-refractivity contribution < 1.29 is 14.2 Å². The Morgan fingerprint density at radius 3 is 2.45 bits per heavy atom. The van der Waals surface area contributed by atoms with Crippen LogP contribution in [0.3, 0.4) is 0 Å². The fraction of sp³-hybridized carbons (Fsp3) is 0. The van der Waals surface area contributed by atoms with Gasteiger partial charge in [0, 0.05) is 11.6 Å². The maximum atomic E-state index is 13.4. The molecule has 0 unspecified atom stereocenters. The molecule has 0 heterocycles. The summed E-state index contributed by atoms with van der Waals surface area (Å²) in [5.74, 6) is -0.494. The molecular formula is C13H9FN4O4. The van der Waals surface area contributed by atoms with Gasteiger partial charge in [0.15, 0.2) is 0 Å². The lowest BCUT2D eigenvalue weighted by molar-refractivity contribution is -0.393. The van der Waals surface area contributed by atoms with Gasteiger partial charge in [-0.15, -0.1) is 0 Å².